The number of furan rings is 1. The first-order chi connectivity index (χ1) is 16.9. The van der Waals surface area contributed by atoms with Crippen molar-refractivity contribution in [2.75, 3.05) is 7.11 Å². The highest BCUT2D eigenvalue weighted by Gasteiger charge is 2.44. The predicted octanol–water partition coefficient (Wildman–Crippen LogP) is 6.18. The molecule has 0 saturated heterocycles. The van der Waals surface area contributed by atoms with Crippen LogP contribution in [0.1, 0.15) is 33.3 Å². The maximum absolute atomic E-state index is 13.7. The van der Waals surface area contributed by atoms with Crippen LogP contribution < -0.4 is 4.74 Å². The molecule has 0 bridgehead atoms. The number of Topliss-reactive ketones (excluding diaryl/α,β-unsaturated/α-hetero) is 1. The van der Waals surface area contributed by atoms with E-state index in [1.54, 1.807) is 43.5 Å². The summed E-state index contributed by atoms with van der Waals surface area (Å²) in [6.45, 7) is 2.13. The fourth-order valence-corrected chi connectivity index (χ4v) is 4.60. The average molecular weight is 488 g/mol. The number of carbonyl (C=O) groups excluding carboxylic acids is 2. The largest absolute Gasteiger partial charge is 0.503 e. The lowest BCUT2D eigenvalue weighted by atomic mass is 9.94. The van der Waals surface area contributed by atoms with Crippen LogP contribution in [0.3, 0.4) is 0 Å². The van der Waals surface area contributed by atoms with Gasteiger partial charge in [-0.25, -0.2) is 0 Å². The lowest BCUT2D eigenvalue weighted by Crippen LogP contribution is -2.30. The summed E-state index contributed by atoms with van der Waals surface area (Å²) in [6, 6.07) is 20.7. The van der Waals surface area contributed by atoms with Gasteiger partial charge in [0.05, 0.1) is 18.7 Å². The van der Waals surface area contributed by atoms with E-state index in [0.29, 0.717) is 21.7 Å². The summed E-state index contributed by atoms with van der Waals surface area (Å²) in [5.74, 6) is -1.02. The molecule has 0 radical (unpaired) electrons. The number of aliphatic hydroxyl groups is 1. The van der Waals surface area contributed by atoms with Crippen molar-refractivity contribution in [3.63, 3.8) is 0 Å². The maximum atomic E-state index is 13.7. The van der Waals surface area contributed by atoms with Crippen LogP contribution in [0.4, 0.5) is 0 Å². The number of carbonyl (C=O) groups is 2. The molecular weight excluding hydrogens is 466 g/mol. The van der Waals surface area contributed by atoms with E-state index in [9.17, 15) is 14.7 Å². The van der Waals surface area contributed by atoms with Gasteiger partial charge < -0.3 is 19.2 Å². The molecular formula is C28H22ClNO5. The fraction of sp³-hybridized carbons (Fsp3) is 0.143. The number of fused-ring (bicyclic) bond motifs is 1. The monoisotopic (exact) mass is 487 g/mol. The molecule has 5 rings (SSSR count). The first-order valence-electron chi connectivity index (χ1n) is 11.0. The van der Waals surface area contributed by atoms with Crippen molar-refractivity contribution < 1.29 is 23.8 Å². The first-order valence-corrected chi connectivity index (χ1v) is 11.4. The minimum atomic E-state index is -0.784. The summed E-state index contributed by atoms with van der Waals surface area (Å²) in [5.41, 5.74) is 3.00. The van der Waals surface area contributed by atoms with Crippen LogP contribution in [0.2, 0.25) is 5.02 Å². The number of halogens is 1. The maximum Gasteiger partial charge on any atom is 0.290 e. The average Bonchev–Trinajstić information content (AvgIpc) is 3.38. The molecule has 6 nitrogen and oxygen atoms in total. The lowest BCUT2D eigenvalue weighted by molar-refractivity contribution is -0.130. The van der Waals surface area contributed by atoms with Crippen molar-refractivity contribution >= 4 is 34.3 Å². The third kappa shape index (κ3) is 4.17. The number of benzene rings is 3. The number of ether oxygens (including phenoxy) is 1. The van der Waals surface area contributed by atoms with E-state index in [1.807, 2.05) is 43.3 Å². The molecule has 176 valence electrons. The number of hydrogen-bond acceptors (Lipinski definition) is 5. The van der Waals surface area contributed by atoms with E-state index >= 15 is 0 Å². The number of nitrogens with zero attached hydrogens (tertiary/aromatic N) is 1. The molecule has 1 N–H and O–H groups in total. The number of amides is 1. The molecule has 0 aliphatic carbocycles. The van der Waals surface area contributed by atoms with Crippen LogP contribution in [-0.4, -0.2) is 28.8 Å². The number of methoxy groups -OCH3 is 1. The molecule has 3 aromatic carbocycles. The van der Waals surface area contributed by atoms with Gasteiger partial charge in [-0.15, -0.1) is 0 Å². The highest BCUT2D eigenvalue weighted by atomic mass is 35.5. The Morgan fingerprint density at radius 1 is 1.09 bits per heavy atom. The Morgan fingerprint density at radius 3 is 2.57 bits per heavy atom. The van der Waals surface area contributed by atoms with Crippen LogP contribution in [-0.2, 0) is 11.3 Å². The van der Waals surface area contributed by atoms with E-state index in [2.05, 4.69) is 0 Å². The predicted molar refractivity (Wildman–Crippen MR) is 133 cm³/mol. The molecule has 1 aliphatic rings. The molecule has 35 heavy (non-hydrogen) atoms. The number of hydrogen-bond donors (Lipinski definition) is 1. The Kier molecular flexibility index (Phi) is 5.83. The smallest absolute Gasteiger partial charge is 0.290 e. The van der Waals surface area contributed by atoms with Gasteiger partial charge in [0, 0.05) is 17.0 Å². The Balaban J connectivity index is 1.58. The quantitative estimate of drug-likeness (QED) is 0.328. The Labute approximate surface area is 207 Å². The lowest BCUT2D eigenvalue weighted by Gasteiger charge is -2.27. The second kappa shape index (κ2) is 8.96. The van der Waals surface area contributed by atoms with Crippen molar-refractivity contribution in [3.8, 4) is 5.75 Å². The van der Waals surface area contributed by atoms with Gasteiger partial charge in [-0.2, -0.15) is 0 Å². The van der Waals surface area contributed by atoms with E-state index in [-0.39, 0.29) is 17.9 Å². The zero-order valence-corrected chi connectivity index (χ0v) is 19.9. The molecule has 0 fully saturated rings. The van der Waals surface area contributed by atoms with Crippen LogP contribution in [0.25, 0.3) is 11.0 Å². The topological polar surface area (TPSA) is 80.0 Å². The Hall–Kier alpha value is -4.03. The summed E-state index contributed by atoms with van der Waals surface area (Å²) in [6.07, 6.45) is 0. The van der Waals surface area contributed by atoms with Gasteiger partial charge in [0.1, 0.15) is 11.3 Å². The Bertz CT molecular complexity index is 1490. The third-order valence-electron chi connectivity index (χ3n) is 6.12. The van der Waals surface area contributed by atoms with Crippen molar-refractivity contribution in [2.24, 2.45) is 0 Å². The van der Waals surface area contributed by atoms with Crippen molar-refractivity contribution in [1.29, 1.82) is 0 Å². The zero-order valence-electron chi connectivity index (χ0n) is 19.1. The highest BCUT2D eigenvalue weighted by molar-refractivity contribution is 6.31. The minimum absolute atomic E-state index is 0.0146. The standard InChI is InChI=1S/C28H22ClNO5/c1-16-4-3-5-18(12-16)25-24(26(31)23-14-19-13-20(29)8-11-22(19)35-23)27(32)28(33)30(25)15-17-6-9-21(34-2)10-7-17/h3-14,25,32H,15H2,1-2H3. The first kappa shape index (κ1) is 22.7. The minimum Gasteiger partial charge on any atom is -0.503 e. The van der Waals surface area contributed by atoms with Crippen molar-refractivity contribution in [3.05, 3.63) is 112 Å². The molecule has 1 aliphatic heterocycles. The number of aliphatic hydroxyl groups excluding tert-OH is 1. The summed E-state index contributed by atoms with van der Waals surface area (Å²) in [5, 5.41) is 12.1. The van der Waals surface area contributed by atoms with Crippen LogP contribution >= 0.6 is 11.6 Å². The van der Waals surface area contributed by atoms with Crippen molar-refractivity contribution in [2.45, 2.75) is 19.5 Å². The molecule has 2 heterocycles. The second-order valence-electron chi connectivity index (χ2n) is 8.48. The molecule has 1 aromatic heterocycles. The summed E-state index contributed by atoms with van der Waals surface area (Å²) in [4.78, 5) is 28.4. The second-order valence-corrected chi connectivity index (χ2v) is 8.92. The summed E-state index contributed by atoms with van der Waals surface area (Å²) >= 11 is 6.07. The molecule has 7 heteroatoms. The van der Waals surface area contributed by atoms with Crippen LogP contribution in [0.5, 0.6) is 5.75 Å². The van der Waals surface area contributed by atoms with E-state index < -0.39 is 23.5 Å². The summed E-state index contributed by atoms with van der Waals surface area (Å²) in [7, 11) is 1.58. The van der Waals surface area contributed by atoms with Gasteiger partial charge in [-0.3, -0.25) is 9.59 Å². The number of aryl methyl sites for hydroxylation is 1. The normalized spacial score (nSPS) is 15.8. The van der Waals surface area contributed by atoms with Crippen LogP contribution in [0, 0.1) is 6.92 Å². The van der Waals surface area contributed by atoms with Gasteiger partial charge in [-0.1, -0.05) is 53.6 Å². The molecule has 0 saturated carbocycles. The Morgan fingerprint density at radius 2 is 1.86 bits per heavy atom. The van der Waals surface area contributed by atoms with Gasteiger partial charge >= 0.3 is 0 Å². The van der Waals surface area contributed by atoms with Crippen molar-refractivity contribution in [1.82, 2.24) is 4.90 Å². The SMILES string of the molecule is COc1ccc(CN2C(=O)C(O)=C(C(=O)c3cc4cc(Cl)ccc4o3)C2c2cccc(C)c2)cc1. The third-order valence-corrected chi connectivity index (χ3v) is 6.36. The molecule has 4 aromatic rings. The van der Waals surface area contributed by atoms with E-state index in [1.165, 1.54) is 4.90 Å². The summed E-state index contributed by atoms with van der Waals surface area (Å²) < 4.78 is 11.0. The van der Waals surface area contributed by atoms with E-state index in [4.69, 9.17) is 20.8 Å². The van der Waals surface area contributed by atoms with Gasteiger partial charge in [0.2, 0.25) is 5.78 Å². The number of ketones is 1. The van der Waals surface area contributed by atoms with Gasteiger partial charge in [-0.05, 0) is 54.4 Å². The molecule has 0 spiro atoms. The number of rotatable bonds is 6. The van der Waals surface area contributed by atoms with Crippen LogP contribution in [0.15, 0.2) is 88.5 Å². The van der Waals surface area contributed by atoms with Gasteiger partial charge in [0.25, 0.3) is 5.91 Å². The molecule has 1 atom stereocenters. The zero-order chi connectivity index (χ0) is 24.7. The van der Waals surface area contributed by atoms with Gasteiger partial charge in [0.15, 0.2) is 11.5 Å². The highest BCUT2D eigenvalue weighted by Crippen LogP contribution is 2.41. The molecule has 1 amide bonds. The van der Waals surface area contributed by atoms with E-state index in [0.717, 1.165) is 16.7 Å². The molecule has 1 unspecified atom stereocenters. The fourth-order valence-electron chi connectivity index (χ4n) is 4.42.